The molecule has 0 heterocycles. The third kappa shape index (κ3) is 1.11. The van der Waals surface area contributed by atoms with Crippen molar-refractivity contribution < 1.29 is 17.6 Å². The zero-order chi connectivity index (χ0) is 7.99. The van der Waals surface area contributed by atoms with Crippen LogP contribution in [0.3, 0.4) is 0 Å². The highest BCUT2D eigenvalue weighted by atomic mass is 19.3. The molecule has 1 radical (unpaired) electrons. The number of hydrogen-bond acceptors (Lipinski definition) is 0. The Morgan fingerprint density at radius 3 is 2.00 bits per heavy atom. The Morgan fingerprint density at radius 2 is 1.90 bits per heavy atom. The molecule has 0 nitrogen and oxygen atoms in total. The summed E-state index contributed by atoms with van der Waals surface area (Å²) in [6.07, 6.45) is -1.43. The van der Waals surface area contributed by atoms with Crippen molar-refractivity contribution in [1.29, 1.82) is 0 Å². The van der Waals surface area contributed by atoms with Crippen LogP contribution in [0.1, 0.15) is 12.8 Å². The van der Waals surface area contributed by atoms with Crippen LogP contribution in [0.25, 0.3) is 0 Å². The average molecular weight is 155 g/mol. The van der Waals surface area contributed by atoms with Gasteiger partial charge in [-0.25, -0.2) is 17.6 Å². The van der Waals surface area contributed by atoms with Crippen LogP contribution in [0.4, 0.5) is 17.6 Å². The molecule has 4 heteroatoms. The van der Waals surface area contributed by atoms with Crippen molar-refractivity contribution in [1.82, 2.24) is 0 Å². The lowest BCUT2D eigenvalue weighted by Gasteiger charge is -2.11. The van der Waals surface area contributed by atoms with Crippen LogP contribution in [-0.2, 0) is 0 Å². The molecule has 1 unspecified atom stereocenters. The van der Waals surface area contributed by atoms with E-state index < -0.39 is 30.6 Å². The quantitative estimate of drug-likeness (QED) is 0.537. The zero-order valence-electron chi connectivity index (χ0n) is 5.21. The third-order valence-corrected chi connectivity index (χ3v) is 1.67. The highest BCUT2D eigenvalue weighted by Gasteiger charge is 2.67. The van der Waals surface area contributed by atoms with E-state index in [4.69, 9.17) is 0 Å². The molecule has 10 heavy (non-hydrogen) atoms. The molecule has 1 saturated carbocycles. The van der Waals surface area contributed by atoms with E-state index in [9.17, 15) is 17.6 Å². The maximum absolute atomic E-state index is 12.3. The molecule has 0 spiro atoms. The van der Waals surface area contributed by atoms with Gasteiger partial charge in [0.15, 0.2) is 0 Å². The second kappa shape index (κ2) is 1.86. The maximum atomic E-state index is 12.3. The normalized spacial score (nSPS) is 30.3. The monoisotopic (exact) mass is 155 g/mol. The summed E-state index contributed by atoms with van der Waals surface area (Å²) in [6, 6.07) is 0. The van der Waals surface area contributed by atoms with Crippen LogP contribution in [-0.4, -0.2) is 11.8 Å². The summed E-state index contributed by atoms with van der Waals surface area (Å²) in [6.45, 7) is 2.90. The van der Waals surface area contributed by atoms with Gasteiger partial charge in [-0.15, -0.1) is 0 Å². The summed E-state index contributed by atoms with van der Waals surface area (Å²) in [5, 5.41) is 0. The molecule has 1 atom stereocenters. The molecular formula is C6H7F4. The molecule has 0 aromatic carbocycles. The summed E-state index contributed by atoms with van der Waals surface area (Å²) in [7, 11) is 0. The van der Waals surface area contributed by atoms with Gasteiger partial charge in [0.2, 0.25) is 0 Å². The Kier molecular flexibility index (Phi) is 1.45. The number of rotatable bonds is 2. The van der Waals surface area contributed by atoms with Crippen molar-refractivity contribution in [2.75, 3.05) is 0 Å². The van der Waals surface area contributed by atoms with E-state index in [-0.39, 0.29) is 0 Å². The van der Waals surface area contributed by atoms with Crippen LogP contribution in [0.15, 0.2) is 0 Å². The summed E-state index contributed by atoms with van der Waals surface area (Å²) in [4.78, 5) is 0. The van der Waals surface area contributed by atoms with Gasteiger partial charge in [-0.3, -0.25) is 0 Å². The van der Waals surface area contributed by atoms with Crippen molar-refractivity contribution in [2.24, 2.45) is 5.92 Å². The first-order valence-corrected chi connectivity index (χ1v) is 2.95. The van der Waals surface area contributed by atoms with E-state index in [0.717, 1.165) is 0 Å². The van der Waals surface area contributed by atoms with Crippen molar-refractivity contribution in [3.63, 3.8) is 0 Å². The number of alkyl halides is 4. The van der Waals surface area contributed by atoms with E-state index in [2.05, 4.69) is 6.92 Å². The molecular weight excluding hydrogens is 148 g/mol. The topological polar surface area (TPSA) is 0 Å². The Hall–Kier alpha value is -0.280. The van der Waals surface area contributed by atoms with Gasteiger partial charge in [-0.05, 0) is 6.92 Å². The van der Waals surface area contributed by atoms with Crippen molar-refractivity contribution in [2.45, 2.75) is 24.7 Å². The van der Waals surface area contributed by atoms with Gasteiger partial charge < -0.3 is 0 Å². The van der Waals surface area contributed by atoms with Gasteiger partial charge in [-0.2, -0.15) is 0 Å². The Bertz CT molecular complexity index is 141. The van der Waals surface area contributed by atoms with Gasteiger partial charge >= 0.3 is 0 Å². The minimum atomic E-state index is -3.27. The molecule has 1 aliphatic carbocycles. The third-order valence-electron chi connectivity index (χ3n) is 1.67. The minimum Gasteiger partial charge on any atom is -0.206 e. The second-order valence-corrected chi connectivity index (χ2v) is 2.53. The van der Waals surface area contributed by atoms with Crippen molar-refractivity contribution >= 4 is 0 Å². The first-order chi connectivity index (χ1) is 4.40. The smallest absolute Gasteiger partial charge is 0.206 e. The van der Waals surface area contributed by atoms with E-state index in [1.165, 1.54) is 0 Å². The first-order valence-electron chi connectivity index (χ1n) is 2.95. The molecule has 59 valence electrons. The van der Waals surface area contributed by atoms with E-state index in [0.29, 0.717) is 0 Å². The standard InChI is InChI=1S/C6H7F4/c1-2-5(7,8)4-3-6(4,9)10/h4H,1-3H2. The number of halogens is 4. The van der Waals surface area contributed by atoms with Crippen LogP contribution in [0.5, 0.6) is 0 Å². The van der Waals surface area contributed by atoms with Gasteiger partial charge in [0.25, 0.3) is 11.8 Å². The summed E-state index contributed by atoms with van der Waals surface area (Å²) >= 11 is 0. The molecule has 0 N–H and O–H groups in total. The number of hydrogen-bond donors (Lipinski definition) is 0. The van der Waals surface area contributed by atoms with Crippen LogP contribution < -0.4 is 0 Å². The van der Waals surface area contributed by atoms with Gasteiger partial charge in [-0.1, -0.05) is 0 Å². The summed E-state index contributed by atoms with van der Waals surface area (Å²) < 4.78 is 48.5. The summed E-state index contributed by atoms with van der Waals surface area (Å²) in [5.74, 6) is -8.16. The van der Waals surface area contributed by atoms with Crippen molar-refractivity contribution in [3.05, 3.63) is 6.92 Å². The molecule has 0 amide bonds. The highest BCUT2D eigenvalue weighted by Crippen LogP contribution is 2.57. The van der Waals surface area contributed by atoms with E-state index >= 15 is 0 Å². The van der Waals surface area contributed by atoms with Gasteiger partial charge in [0.1, 0.15) is 0 Å². The van der Waals surface area contributed by atoms with E-state index in [1.54, 1.807) is 0 Å². The largest absolute Gasteiger partial charge is 0.257 e. The molecule has 0 aliphatic heterocycles. The SMILES string of the molecule is [CH2]CC(F)(F)C1CC1(F)F. The lowest BCUT2D eigenvalue weighted by Crippen LogP contribution is -2.21. The lowest BCUT2D eigenvalue weighted by molar-refractivity contribution is -0.0589. The second-order valence-electron chi connectivity index (χ2n) is 2.53. The lowest BCUT2D eigenvalue weighted by atomic mass is 10.1. The van der Waals surface area contributed by atoms with Gasteiger partial charge in [0, 0.05) is 12.8 Å². The molecule has 0 aromatic heterocycles. The predicted molar refractivity (Wildman–Crippen MR) is 28.0 cm³/mol. The van der Waals surface area contributed by atoms with Crippen molar-refractivity contribution in [3.8, 4) is 0 Å². The Balaban J connectivity index is 2.54. The molecule has 0 aromatic rings. The first kappa shape index (κ1) is 7.82. The molecule has 1 fully saturated rings. The minimum absolute atomic E-state index is 0.685. The Morgan fingerprint density at radius 1 is 1.50 bits per heavy atom. The van der Waals surface area contributed by atoms with Gasteiger partial charge in [0.05, 0.1) is 5.92 Å². The molecule has 1 aliphatic rings. The van der Waals surface area contributed by atoms with E-state index in [1.807, 2.05) is 0 Å². The van der Waals surface area contributed by atoms with Crippen LogP contribution >= 0.6 is 0 Å². The molecule has 1 rings (SSSR count). The maximum Gasteiger partial charge on any atom is 0.257 e. The zero-order valence-corrected chi connectivity index (χ0v) is 5.21. The fourth-order valence-electron chi connectivity index (χ4n) is 0.846. The predicted octanol–water partition coefficient (Wildman–Crippen LogP) is 2.50. The van der Waals surface area contributed by atoms with Crippen LogP contribution in [0, 0.1) is 12.8 Å². The average Bonchev–Trinajstić information content (AvgIpc) is 2.41. The van der Waals surface area contributed by atoms with Crippen LogP contribution in [0.2, 0.25) is 0 Å². The summed E-state index contributed by atoms with van der Waals surface area (Å²) in [5.41, 5.74) is 0. The highest BCUT2D eigenvalue weighted by molar-refractivity contribution is 5.03. The molecule has 0 saturated heterocycles. The molecule has 0 bridgehead atoms. The Labute approximate surface area is 56.2 Å². The fraction of sp³-hybridized carbons (Fsp3) is 0.833. The fourth-order valence-corrected chi connectivity index (χ4v) is 0.846.